The number of alkyl halides is 1. The van der Waals surface area contributed by atoms with Crippen LogP contribution in [-0.2, 0) is 4.79 Å². The lowest BCUT2D eigenvalue weighted by molar-refractivity contribution is -0.173. The molecule has 3 atom stereocenters. The Kier molecular flexibility index (Phi) is 2.69. The SMILES string of the molecule is CC12CCC(C(=O)N3CCCCC3)(C1Br)C2(C)C. The highest BCUT2D eigenvalue weighted by molar-refractivity contribution is 9.09. The zero-order valence-corrected chi connectivity index (χ0v) is 13.3. The number of likely N-dealkylation sites (tertiary alicyclic amines) is 1. The van der Waals surface area contributed by atoms with Crippen LogP contribution in [0.5, 0.6) is 0 Å². The number of rotatable bonds is 1. The number of hydrogen-bond acceptors (Lipinski definition) is 1. The van der Waals surface area contributed by atoms with Crippen molar-refractivity contribution in [2.75, 3.05) is 13.1 Å². The van der Waals surface area contributed by atoms with Crippen LogP contribution in [0.2, 0.25) is 0 Å². The monoisotopic (exact) mass is 313 g/mol. The fourth-order valence-electron chi connectivity index (χ4n) is 4.81. The van der Waals surface area contributed by atoms with E-state index in [0.29, 0.717) is 16.1 Å². The molecule has 1 saturated heterocycles. The van der Waals surface area contributed by atoms with Gasteiger partial charge in [-0.3, -0.25) is 4.79 Å². The van der Waals surface area contributed by atoms with Crippen LogP contribution in [0.1, 0.15) is 52.9 Å². The summed E-state index contributed by atoms with van der Waals surface area (Å²) in [6.07, 6.45) is 5.92. The third-order valence-corrected chi connectivity index (χ3v) is 8.39. The minimum Gasteiger partial charge on any atom is -0.342 e. The van der Waals surface area contributed by atoms with E-state index in [9.17, 15) is 4.79 Å². The van der Waals surface area contributed by atoms with Gasteiger partial charge in [-0.15, -0.1) is 0 Å². The first-order valence-electron chi connectivity index (χ1n) is 7.31. The fourth-order valence-corrected chi connectivity index (χ4v) is 6.60. The van der Waals surface area contributed by atoms with E-state index in [2.05, 4.69) is 41.6 Å². The maximum atomic E-state index is 13.0. The van der Waals surface area contributed by atoms with Gasteiger partial charge in [0.25, 0.3) is 0 Å². The zero-order valence-electron chi connectivity index (χ0n) is 11.8. The predicted octanol–water partition coefficient (Wildman–Crippen LogP) is 3.59. The Hall–Kier alpha value is -0.0500. The molecule has 1 amide bonds. The molecule has 0 aromatic heterocycles. The van der Waals surface area contributed by atoms with Crippen molar-refractivity contribution < 1.29 is 4.79 Å². The van der Waals surface area contributed by atoms with Crippen LogP contribution in [0.25, 0.3) is 0 Å². The molecule has 3 aliphatic carbocycles. The van der Waals surface area contributed by atoms with Crippen molar-refractivity contribution in [1.82, 2.24) is 4.90 Å². The van der Waals surface area contributed by atoms with Crippen molar-refractivity contribution in [3.8, 4) is 0 Å². The van der Waals surface area contributed by atoms with Crippen LogP contribution in [0, 0.1) is 16.2 Å². The molecule has 0 radical (unpaired) electrons. The van der Waals surface area contributed by atoms with Crippen LogP contribution in [-0.4, -0.2) is 28.7 Å². The summed E-state index contributed by atoms with van der Waals surface area (Å²) in [5.41, 5.74) is 0.320. The van der Waals surface area contributed by atoms with Gasteiger partial charge in [-0.25, -0.2) is 0 Å². The Bertz CT molecular complexity index is 388. The first kappa shape index (κ1) is 13.0. The van der Waals surface area contributed by atoms with E-state index >= 15 is 0 Å². The second-order valence-corrected chi connectivity index (χ2v) is 8.14. The van der Waals surface area contributed by atoms with Crippen molar-refractivity contribution in [1.29, 1.82) is 0 Å². The van der Waals surface area contributed by atoms with E-state index in [1.807, 2.05) is 0 Å². The topological polar surface area (TPSA) is 20.3 Å². The van der Waals surface area contributed by atoms with E-state index in [0.717, 1.165) is 19.5 Å². The third kappa shape index (κ3) is 1.18. The highest BCUT2D eigenvalue weighted by Crippen LogP contribution is 2.80. The lowest BCUT2D eigenvalue weighted by atomic mass is 9.43. The standard InChI is InChI=1S/C15H24BrNO/c1-13(2)14(3)7-8-15(13,11(14)16)12(18)17-9-5-4-6-10-17/h11H,4-10H2,1-3H3. The molecule has 1 aliphatic heterocycles. The molecule has 3 saturated carbocycles. The van der Waals surface area contributed by atoms with Crippen LogP contribution in [0.3, 0.4) is 0 Å². The van der Waals surface area contributed by atoms with E-state index < -0.39 is 0 Å². The van der Waals surface area contributed by atoms with Crippen LogP contribution in [0.4, 0.5) is 0 Å². The Balaban J connectivity index is 1.89. The Morgan fingerprint density at radius 2 is 1.72 bits per heavy atom. The lowest BCUT2D eigenvalue weighted by Crippen LogP contribution is -2.69. The average Bonchev–Trinajstić information content (AvgIpc) is 2.78. The molecule has 0 aromatic rings. The van der Waals surface area contributed by atoms with Crippen LogP contribution < -0.4 is 0 Å². The van der Waals surface area contributed by atoms with Gasteiger partial charge in [-0.2, -0.15) is 0 Å². The molecule has 3 unspecified atom stereocenters. The van der Waals surface area contributed by atoms with Gasteiger partial charge >= 0.3 is 0 Å². The molecule has 1 heterocycles. The van der Waals surface area contributed by atoms with Gasteiger partial charge in [-0.05, 0) is 42.9 Å². The summed E-state index contributed by atoms with van der Waals surface area (Å²) in [4.78, 5) is 15.5. The molecule has 2 bridgehead atoms. The fraction of sp³-hybridized carbons (Fsp3) is 0.933. The number of halogens is 1. The largest absolute Gasteiger partial charge is 0.342 e. The summed E-state index contributed by atoms with van der Waals surface area (Å²) in [6.45, 7) is 8.92. The average molecular weight is 314 g/mol. The summed E-state index contributed by atoms with van der Waals surface area (Å²) in [5, 5.41) is 0. The number of amides is 1. The molecule has 0 aromatic carbocycles. The molecule has 18 heavy (non-hydrogen) atoms. The molecule has 0 spiro atoms. The summed E-state index contributed by atoms with van der Waals surface area (Å²) in [7, 11) is 0. The molecule has 0 N–H and O–H groups in total. The highest BCUT2D eigenvalue weighted by atomic mass is 79.9. The molecule has 3 heteroatoms. The summed E-state index contributed by atoms with van der Waals surface area (Å²) in [6, 6.07) is 0. The number of carbonyl (C=O) groups is 1. The minimum atomic E-state index is -0.126. The number of piperidine rings is 1. The summed E-state index contributed by atoms with van der Waals surface area (Å²) in [5.74, 6) is 0.434. The first-order valence-corrected chi connectivity index (χ1v) is 8.23. The van der Waals surface area contributed by atoms with Crippen molar-refractivity contribution in [2.45, 2.75) is 57.7 Å². The minimum absolute atomic E-state index is 0.126. The Morgan fingerprint density at radius 3 is 2.17 bits per heavy atom. The Morgan fingerprint density at radius 1 is 1.11 bits per heavy atom. The molecule has 4 fully saturated rings. The number of carbonyl (C=O) groups excluding carboxylic acids is 1. The quantitative estimate of drug-likeness (QED) is 0.677. The lowest BCUT2D eigenvalue weighted by Gasteiger charge is -2.65. The summed E-state index contributed by atoms with van der Waals surface area (Å²) >= 11 is 3.86. The highest BCUT2D eigenvalue weighted by Gasteiger charge is 2.80. The number of nitrogens with zero attached hydrogens (tertiary/aromatic N) is 1. The zero-order chi connectivity index (χ0) is 13.2. The first-order chi connectivity index (χ1) is 8.38. The Labute approximate surface area is 119 Å². The van der Waals surface area contributed by atoms with Gasteiger partial charge in [0.1, 0.15) is 0 Å². The summed E-state index contributed by atoms with van der Waals surface area (Å²) < 4.78 is 0. The van der Waals surface area contributed by atoms with Crippen molar-refractivity contribution in [3.05, 3.63) is 0 Å². The van der Waals surface area contributed by atoms with E-state index in [1.54, 1.807) is 0 Å². The van der Waals surface area contributed by atoms with E-state index in [1.165, 1.54) is 25.7 Å². The van der Waals surface area contributed by atoms with Gasteiger partial charge in [0.2, 0.25) is 5.91 Å². The van der Waals surface area contributed by atoms with Crippen LogP contribution >= 0.6 is 15.9 Å². The predicted molar refractivity (Wildman–Crippen MR) is 76.7 cm³/mol. The van der Waals surface area contributed by atoms with Gasteiger partial charge in [0.15, 0.2) is 0 Å². The molecule has 102 valence electrons. The van der Waals surface area contributed by atoms with Crippen molar-refractivity contribution in [3.63, 3.8) is 0 Å². The maximum absolute atomic E-state index is 13.0. The molecule has 4 aliphatic rings. The number of hydrogen-bond donors (Lipinski definition) is 0. The third-order valence-electron chi connectivity index (χ3n) is 6.60. The van der Waals surface area contributed by atoms with Crippen molar-refractivity contribution in [2.24, 2.45) is 16.2 Å². The molecular weight excluding hydrogens is 290 g/mol. The second kappa shape index (κ2) is 3.74. The second-order valence-electron chi connectivity index (χ2n) is 7.23. The smallest absolute Gasteiger partial charge is 0.230 e. The van der Waals surface area contributed by atoms with Gasteiger partial charge in [0, 0.05) is 17.9 Å². The maximum Gasteiger partial charge on any atom is 0.230 e. The number of fused-ring (bicyclic) bond motifs is 1. The van der Waals surface area contributed by atoms with Crippen molar-refractivity contribution >= 4 is 21.8 Å². The molecular formula is C15H24BrNO. The van der Waals surface area contributed by atoms with E-state index in [-0.39, 0.29) is 10.8 Å². The van der Waals surface area contributed by atoms with Gasteiger partial charge in [0.05, 0.1) is 5.41 Å². The normalized spacial score (nSPS) is 45.8. The molecule has 2 nitrogen and oxygen atoms in total. The van der Waals surface area contributed by atoms with Gasteiger partial charge in [-0.1, -0.05) is 36.7 Å². The molecule has 4 rings (SSSR count). The van der Waals surface area contributed by atoms with Crippen LogP contribution in [0.15, 0.2) is 0 Å². The van der Waals surface area contributed by atoms with Gasteiger partial charge < -0.3 is 4.90 Å². The van der Waals surface area contributed by atoms with E-state index in [4.69, 9.17) is 0 Å².